The van der Waals surface area contributed by atoms with Gasteiger partial charge >= 0.3 is 0 Å². The van der Waals surface area contributed by atoms with Crippen LogP contribution in [0.4, 0.5) is 0 Å². The molecule has 6 aliphatic rings. The fourth-order valence-corrected chi connectivity index (χ4v) is 9.79. The molecule has 0 aromatic rings. The summed E-state index contributed by atoms with van der Waals surface area (Å²) in [6.45, 7) is 0.0435. The van der Waals surface area contributed by atoms with Crippen LogP contribution < -0.4 is 5.32 Å². The van der Waals surface area contributed by atoms with Crippen LogP contribution >= 0.6 is 0 Å². The van der Waals surface area contributed by atoms with Crippen molar-refractivity contribution in [3.8, 4) is 0 Å². The molecule has 6 rings (SSSR count). The first kappa shape index (κ1) is 63.8. The Morgan fingerprint density at radius 3 is 1.38 bits per heavy atom. The van der Waals surface area contributed by atoms with Crippen molar-refractivity contribution in [2.24, 2.45) is 5.11 Å². The molecule has 6 fully saturated rings. The summed E-state index contributed by atoms with van der Waals surface area (Å²) in [5.74, 6) is -0.865. The van der Waals surface area contributed by atoms with E-state index in [0.717, 1.165) is 6.92 Å². The van der Waals surface area contributed by atoms with Crippen molar-refractivity contribution in [1.82, 2.24) is 5.32 Å². The molecule has 0 bridgehead atoms. The molecule has 17 N–H and O–H groups in total. The van der Waals surface area contributed by atoms with E-state index in [1.807, 2.05) is 0 Å². The quantitative estimate of drug-likeness (QED) is 0.0195. The first-order valence-corrected chi connectivity index (χ1v) is 25.3. The van der Waals surface area contributed by atoms with Crippen LogP contribution in [0.5, 0.6) is 0 Å². The fraction of sp³-hybridized carbons (Fsp3) is 0.977. The number of carbonyl (C=O) groups excluding carboxylic acids is 1. The van der Waals surface area contributed by atoms with Gasteiger partial charge in [-0.05, 0) is 32.2 Å². The van der Waals surface area contributed by atoms with Gasteiger partial charge in [0.05, 0.1) is 38.6 Å². The highest BCUT2D eigenvalue weighted by molar-refractivity contribution is 5.73. The molecule has 33 nitrogen and oxygen atoms in total. The van der Waals surface area contributed by atoms with Crippen molar-refractivity contribution in [2.45, 2.75) is 231 Å². The first-order valence-electron chi connectivity index (χ1n) is 25.3. The summed E-state index contributed by atoms with van der Waals surface area (Å²) in [4.78, 5) is 15.8. The highest BCUT2D eigenvalue weighted by Crippen LogP contribution is 2.38. The van der Waals surface area contributed by atoms with Gasteiger partial charge in [0.15, 0.2) is 37.7 Å². The number of rotatable bonds is 23. The average Bonchev–Trinajstić information content (AvgIpc) is 3.41. The summed E-state index contributed by atoms with van der Waals surface area (Å²) in [5.41, 5.74) is 8.52. The molecule has 0 aromatic carbocycles. The number of nitrogens with one attached hydrogen (secondary N) is 1. The Balaban J connectivity index is 1.31. The van der Waals surface area contributed by atoms with Crippen molar-refractivity contribution in [2.75, 3.05) is 39.6 Å². The van der Waals surface area contributed by atoms with Gasteiger partial charge in [-0.15, -0.1) is 0 Å². The molecule has 0 radical (unpaired) electrons. The van der Waals surface area contributed by atoms with E-state index in [1.165, 1.54) is 13.8 Å². The molecule has 77 heavy (non-hydrogen) atoms. The third-order valence-electron chi connectivity index (χ3n) is 14.2. The van der Waals surface area contributed by atoms with Crippen LogP contribution in [0.1, 0.15) is 46.5 Å². The van der Waals surface area contributed by atoms with Gasteiger partial charge in [0, 0.05) is 25.0 Å². The molecule has 1 amide bonds. The Bertz CT molecular complexity index is 1850. The highest BCUT2D eigenvalue weighted by atomic mass is 16.8. The highest BCUT2D eigenvalue weighted by Gasteiger charge is 2.59. The normalized spacial score (nSPS) is 47.7. The molecule has 6 heterocycles. The topological polar surface area (TPSA) is 512 Å². The Morgan fingerprint density at radius 1 is 0.455 bits per heavy atom. The Labute approximate surface area is 439 Å². The fourth-order valence-electron chi connectivity index (χ4n) is 9.79. The van der Waals surface area contributed by atoms with Crippen LogP contribution in [-0.2, 0) is 61.6 Å². The Hall–Kier alpha value is -2.34. The van der Waals surface area contributed by atoms with E-state index in [0.29, 0.717) is 25.7 Å². The number of unbranched alkanes of at least 4 members (excludes halogenated alkanes) is 3. The summed E-state index contributed by atoms with van der Waals surface area (Å²) in [6.07, 6.45) is -50.4. The molecular formula is C44H76N4O29. The minimum absolute atomic E-state index is 0.0193. The van der Waals surface area contributed by atoms with E-state index in [9.17, 15) is 86.5 Å². The van der Waals surface area contributed by atoms with Crippen molar-refractivity contribution in [3.63, 3.8) is 0 Å². The third-order valence-corrected chi connectivity index (χ3v) is 14.2. The number of ether oxygens (including phenoxy) is 12. The first-order chi connectivity index (χ1) is 36.6. The molecule has 30 atom stereocenters. The summed E-state index contributed by atoms with van der Waals surface area (Å²) < 4.78 is 71.2. The second-order valence-corrected chi connectivity index (χ2v) is 19.7. The molecule has 33 heteroatoms. The second kappa shape index (κ2) is 29.1. The molecule has 6 aliphatic heterocycles. The van der Waals surface area contributed by atoms with Crippen LogP contribution in [0, 0.1) is 0 Å². The zero-order valence-electron chi connectivity index (χ0n) is 42.2. The SMILES string of the molecule is CC(=O)N[C@@H]1[C@@H](O[C@H]2[C@H](O)[C@@H](O[C@@H]3[C@@H](O[C@H]4O[C@H](C)[C@H](O)[C@H](O)[C@H]4O)[C@H](O)[C@@H](OCCCCCCN=[N+]=[N-])O[C@H]3CO)O[C@@H](CO)[C@H]2O)O[C@@H](CO)[C@H](O[C@H]2O[C@@H](CO)[C@@H](O)[C@@H](O)[C@@H]2O)[C@H]1O[C@H]1O[C@H](C)[C@H](O)[C@H](O)[C@H]1O. The lowest BCUT2D eigenvalue weighted by molar-refractivity contribution is -0.399. The van der Waals surface area contributed by atoms with Crippen LogP contribution in [0.3, 0.4) is 0 Å². The van der Waals surface area contributed by atoms with E-state index in [1.54, 1.807) is 0 Å². The lowest BCUT2D eigenvalue weighted by Gasteiger charge is -2.52. The summed E-state index contributed by atoms with van der Waals surface area (Å²) in [5, 5.41) is 180. The minimum Gasteiger partial charge on any atom is -0.394 e. The van der Waals surface area contributed by atoms with Crippen molar-refractivity contribution in [1.29, 1.82) is 0 Å². The Morgan fingerprint density at radius 2 is 0.857 bits per heavy atom. The van der Waals surface area contributed by atoms with Gasteiger partial charge in [-0.3, -0.25) is 4.79 Å². The molecule has 0 spiro atoms. The van der Waals surface area contributed by atoms with Gasteiger partial charge in [0.1, 0.15) is 134 Å². The van der Waals surface area contributed by atoms with E-state index < -0.39 is 217 Å². The number of hydrogen-bond donors (Lipinski definition) is 17. The molecule has 0 aromatic heterocycles. The van der Waals surface area contributed by atoms with Crippen LogP contribution in [0.25, 0.3) is 10.4 Å². The number of carbonyl (C=O) groups is 1. The summed E-state index contributed by atoms with van der Waals surface area (Å²) in [6, 6.07) is -1.80. The van der Waals surface area contributed by atoms with Gasteiger partial charge in [0.2, 0.25) is 5.91 Å². The van der Waals surface area contributed by atoms with Crippen molar-refractivity contribution >= 4 is 5.91 Å². The number of aliphatic hydroxyl groups excluding tert-OH is 16. The summed E-state index contributed by atoms with van der Waals surface area (Å²) in [7, 11) is 0. The van der Waals surface area contributed by atoms with E-state index >= 15 is 0 Å². The lowest BCUT2D eigenvalue weighted by atomic mass is 9.93. The smallest absolute Gasteiger partial charge is 0.217 e. The van der Waals surface area contributed by atoms with E-state index in [-0.39, 0.29) is 13.2 Å². The molecule has 6 saturated heterocycles. The standard InChI is InChI=1S/C44H76N4O29/c1-14-22(54)26(58)29(61)41(67-14)75-36-21(47-16(3)53)39(71-19(12-51)34(36)73-43-31(63)28(60)24(56)17(10-49)69-43)76-37-25(57)18(11-50)70-44(32(37)64)74-35-20(13-52)72-40(66-9-7-5-4-6-8-46-48-45)33(65)38(35)77-42-30(62)27(59)23(55)15(2)68-42/h14-15,17-44,49-52,54-65H,4-13H2,1-3H3,(H,47,53)/t14-,15-,17+,18+,19+,20+,21+,22+,23+,24-,25-,26+,27+,28-,29-,30-,31+,32+,33+,34+,35+,36+,37-,38+,39-,40+,41-,42-,43-,44-/m1/s1. The average molecular weight is 1130 g/mol. The second-order valence-electron chi connectivity index (χ2n) is 19.7. The van der Waals surface area contributed by atoms with Gasteiger partial charge in [-0.2, -0.15) is 0 Å². The molecule has 0 unspecified atom stereocenters. The van der Waals surface area contributed by atoms with Gasteiger partial charge in [0.25, 0.3) is 0 Å². The number of aliphatic hydroxyl groups is 16. The zero-order chi connectivity index (χ0) is 56.6. The van der Waals surface area contributed by atoms with Gasteiger partial charge in [-0.1, -0.05) is 18.0 Å². The largest absolute Gasteiger partial charge is 0.394 e. The summed E-state index contributed by atoms with van der Waals surface area (Å²) >= 11 is 0. The van der Waals surface area contributed by atoms with Crippen LogP contribution in [-0.4, -0.2) is 311 Å². The van der Waals surface area contributed by atoms with Crippen LogP contribution in [0.2, 0.25) is 0 Å². The monoisotopic (exact) mass is 1120 g/mol. The van der Waals surface area contributed by atoms with Crippen molar-refractivity contribution < 1.29 is 143 Å². The number of hydrogen-bond acceptors (Lipinski definition) is 30. The van der Waals surface area contributed by atoms with E-state index in [2.05, 4.69) is 15.3 Å². The van der Waals surface area contributed by atoms with Crippen LogP contribution in [0.15, 0.2) is 5.11 Å². The maximum atomic E-state index is 13.1. The number of azide groups is 1. The number of amides is 1. The third kappa shape index (κ3) is 14.8. The zero-order valence-corrected chi connectivity index (χ0v) is 42.2. The molecule has 0 aliphatic carbocycles. The van der Waals surface area contributed by atoms with E-state index in [4.69, 9.17) is 62.4 Å². The molecule has 446 valence electrons. The lowest BCUT2D eigenvalue weighted by Crippen LogP contribution is -2.71. The van der Waals surface area contributed by atoms with Crippen molar-refractivity contribution in [3.05, 3.63) is 10.4 Å². The van der Waals surface area contributed by atoms with Gasteiger partial charge < -0.3 is 144 Å². The molecule has 0 saturated carbocycles. The predicted molar refractivity (Wildman–Crippen MR) is 244 cm³/mol. The number of nitrogens with zero attached hydrogens (tertiary/aromatic N) is 3. The molecular weight excluding hydrogens is 1050 g/mol. The maximum absolute atomic E-state index is 13.1. The predicted octanol–water partition coefficient (Wildman–Crippen LogP) is -9.01. The van der Waals surface area contributed by atoms with Gasteiger partial charge in [-0.25, -0.2) is 0 Å². The Kier molecular flexibility index (Phi) is 24.1. The maximum Gasteiger partial charge on any atom is 0.217 e. The minimum atomic E-state index is -2.23.